The highest BCUT2D eigenvalue weighted by Crippen LogP contribution is 2.18. The summed E-state index contributed by atoms with van der Waals surface area (Å²) in [6.07, 6.45) is -3.87. The minimum absolute atomic E-state index is 0.140. The number of carbonyl (C=O) groups excluding carboxylic acids is 1. The molecule has 0 aliphatic rings. The van der Waals surface area contributed by atoms with Gasteiger partial charge in [-0.15, -0.1) is 0 Å². The number of halogens is 3. The van der Waals surface area contributed by atoms with Gasteiger partial charge in [-0.25, -0.2) is 5.84 Å². The number of alkyl halides is 3. The fourth-order valence-corrected chi connectivity index (χ4v) is 1.46. The molecule has 8 heteroatoms. The lowest BCUT2D eigenvalue weighted by molar-refractivity contribution is -0.157. The summed E-state index contributed by atoms with van der Waals surface area (Å²) in [4.78, 5) is 12.4. The highest BCUT2D eigenvalue weighted by atomic mass is 19.4. The Balaban J connectivity index is 4.75. The molecule has 102 valence electrons. The number of hydrazine groups is 1. The van der Waals surface area contributed by atoms with Gasteiger partial charge < -0.3 is 4.74 Å². The smallest absolute Gasteiger partial charge is 0.383 e. The Morgan fingerprint density at radius 3 is 2.47 bits per heavy atom. The molecule has 3 N–H and O–H groups in total. The highest BCUT2D eigenvalue weighted by Gasteiger charge is 2.35. The molecule has 0 aromatic heterocycles. The van der Waals surface area contributed by atoms with Crippen LogP contribution in [0.4, 0.5) is 13.2 Å². The molecule has 0 aliphatic heterocycles. The lowest BCUT2D eigenvalue weighted by Crippen LogP contribution is -2.53. The minimum Gasteiger partial charge on any atom is -0.383 e. The van der Waals surface area contributed by atoms with Crippen molar-refractivity contribution >= 4 is 5.91 Å². The largest absolute Gasteiger partial charge is 0.401 e. The Labute approximate surface area is 98.1 Å². The number of rotatable bonds is 7. The van der Waals surface area contributed by atoms with Crippen LogP contribution in [0.5, 0.6) is 0 Å². The van der Waals surface area contributed by atoms with Gasteiger partial charge in [0.25, 0.3) is 5.91 Å². The molecule has 0 aromatic carbocycles. The molecule has 1 amide bonds. The normalized spacial score (nSPS) is 13.8. The molecule has 1 unspecified atom stereocenters. The molecule has 1 atom stereocenters. The Bertz CT molecular complexity index is 236. The predicted octanol–water partition coefficient (Wildman–Crippen LogP) is 0.266. The first-order valence-electron chi connectivity index (χ1n) is 5.15. The molecule has 17 heavy (non-hydrogen) atoms. The highest BCUT2D eigenvalue weighted by molar-refractivity contribution is 5.81. The van der Waals surface area contributed by atoms with E-state index in [0.29, 0.717) is 6.42 Å². The van der Waals surface area contributed by atoms with E-state index in [1.165, 1.54) is 7.11 Å². The van der Waals surface area contributed by atoms with Crippen molar-refractivity contribution in [3.05, 3.63) is 0 Å². The van der Waals surface area contributed by atoms with Crippen LogP contribution in [0.2, 0.25) is 0 Å². The van der Waals surface area contributed by atoms with Crippen molar-refractivity contribution in [2.75, 3.05) is 26.8 Å². The molecule has 0 fully saturated rings. The summed E-state index contributed by atoms with van der Waals surface area (Å²) in [5.74, 6) is 4.25. The fraction of sp³-hybridized carbons (Fsp3) is 0.889. The number of ether oxygens (including phenoxy) is 1. The van der Waals surface area contributed by atoms with Crippen LogP contribution in [0.1, 0.15) is 13.3 Å². The summed E-state index contributed by atoms with van der Waals surface area (Å²) in [5, 5.41) is 0. The van der Waals surface area contributed by atoms with Gasteiger partial charge in [0.15, 0.2) is 0 Å². The van der Waals surface area contributed by atoms with E-state index in [4.69, 9.17) is 10.6 Å². The summed E-state index contributed by atoms with van der Waals surface area (Å²) in [5.41, 5.74) is 1.85. The van der Waals surface area contributed by atoms with E-state index in [9.17, 15) is 18.0 Å². The van der Waals surface area contributed by atoms with E-state index in [1.807, 2.05) is 5.43 Å². The van der Waals surface area contributed by atoms with Crippen LogP contribution in [-0.2, 0) is 9.53 Å². The van der Waals surface area contributed by atoms with Gasteiger partial charge in [-0.3, -0.25) is 15.1 Å². The zero-order valence-electron chi connectivity index (χ0n) is 9.88. The first-order chi connectivity index (χ1) is 7.85. The number of hydrogen-bond donors (Lipinski definition) is 2. The molecule has 5 nitrogen and oxygen atoms in total. The maximum Gasteiger partial charge on any atom is 0.401 e. The van der Waals surface area contributed by atoms with Crippen LogP contribution >= 0.6 is 0 Å². The van der Waals surface area contributed by atoms with E-state index in [0.717, 1.165) is 4.90 Å². The number of hydrogen-bond acceptors (Lipinski definition) is 4. The van der Waals surface area contributed by atoms with E-state index in [1.54, 1.807) is 6.92 Å². The standard InChI is InChI=1S/C9H18F3N3O2/c1-3-4-15(6-9(10,11)12)7(5-17-2)8(16)14-13/h7H,3-6,13H2,1-2H3,(H,14,16). The van der Waals surface area contributed by atoms with E-state index < -0.39 is 24.7 Å². The Morgan fingerprint density at radius 2 is 2.12 bits per heavy atom. The van der Waals surface area contributed by atoms with Crippen LogP contribution in [-0.4, -0.2) is 49.8 Å². The summed E-state index contributed by atoms with van der Waals surface area (Å²) in [6.45, 7) is 0.565. The van der Waals surface area contributed by atoms with Gasteiger partial charge in [-0.2, -0.15) is 13.2 Å². The Kier molecular flexibility index (Phi) is 7.09. The van der Waals surface area contributed by atoms with Crippen molar-refractivity contribution in [3.63, 3.8) is 0 Å². The maximum atomic E-state index is 12.4. The first kappa shape index (κ1) is 16.1. The minimum atomic E-state index is -4.37. The lowest BCUT2D eigenvalue weighted by Gasteiger charge is -2.30. The zero-order valence-corrected chi connectivity index (χ0v) is 9.88. The number of amides is 1. The van der Waals surface area contributed by atoms with Gasteiger partial charge in [-0.05, 0) is 13.0 Å². The summed E-state index contributed by atoms with van der Waals surface area (Å²) in [7, 11) is 1.31. The molecule has 0 bridgehead atoms. The van der Waals surface area contributed by atoms with Crippen molar-refractivity contribution in [1.82, 2.24) is 10.3 Å². The number of nitrogens with two attached hydrogens (primary N) is 1. The van der Waals surface area contributed by atoms with Gasteiger partial charge in [-0.1, -0.05) is 6.92 Å². The number of nitrogens with zero attached hydrogens (tertiary/aromatic N) is 1. The van der Waals surface area contributed by atoms with Gasteiger partial charge in [0.05, 0.1) is 13.2 Å². The molecule has 0 spiro atoms. The summed E-state index contributed by atoms with van der Waals surface area (Å²) >= 11 is 0. The number of carbonyl (C=O) groups is 1. The van der Waals surface area contributed by atoms with Crippen LogP contribution < -0.4 is 11.3 Å². The first-order valence-corrected chi connectivity index (χ1v) is 5.15. The Hall–Kier alpha value is -0.860. The fourth-order valence-electron chi connectivity index (χ4n) is 1.46. The van der Waals surface area contributed by atoms with Crippen molar-refractivity contribution in [2.24, 2.45) is 5.84 Å². The average Bonchev–Trinajstić information content (AvgIpc) is 2.22. The van der Waals surface area contributed by atoms with E-state index in [2.05, 4.69) is 0 Å². The van der Waals surface area contributed by atoms with E-state index in [-0.39, 0.29) is 13.2 Å². The quantitative estimate of drug-likeness (QED) is 0.390. The maximum absolute atomic E-state index is 12.4. The van der Waals surface area contributed by atoms with Crippen molar-refractivity contribution < 1.29 is 22.7 Å². The van der Waals surface area contributed by atoms with Gasteiger partial charge >= 0.3 is 6.18 Å². The third-order valence-corrected chi connectivity index (χ3v) is 2.10. The van der Waals surface area contributed by atoms with Gasteiger partial charge in [0, 0.05) is 7.11 Å². The van der Waals surface area contributed by atoms with Gasteiger partial charge in [0.2, 0.25) is 0 Å². The predicted molar refractivity (Wildman–Crippen MR) is 55.9 cm³/mol. The SMILES string of the molecule is CCCN(CC(F)(F)F)C(COC)C(=O)NN. The molecular weight excluding hydrogens is 239 g/mol. The third-order valence-electron chi connectivity index (χ3n) is 2.10. The van der Waals surface area contributed by atoms with Crippen LogP contribution in [0, 0.1) is 0 Å². The number of nitrogens with one attached hydrogen (secondary N) is 1. The second-order valence-electron chi connectivity index (χ2n) is 3.57. The van der Waals surface area contributed by atoms with E-state index >= 15 is 0 Å². The lowest BCUT2D eigenvalue weighted by atomic mass is 10.2. The number of methoxy groups -OCH3 is 1. The van der Waals surface area contributed by atoms with Gasteiger partial charge in [0.1, 0.15) is 6.04 Å². The summed E-state index contributed by atoms with van der Waals surface area (Å²) < 4.78 is 41.8. The second kappa shape index (κ2) is 7.46. The third kappa shape index (κ3) is 6.44. The molecule has 0 rings (SSSR count). The monoisotopic (exact) mass is 257 g/mol. The van der Waals surface area contributed by atoms with Crippen molar-refractivity contribution in [3.8, 4) is 0 Å². The Morgan fingerprint density at radius 1 is 1.53 bits per heavy atom. The molecule has 0 heterocycles. The second-order valence-corrected chi connectivity index (χ2v) is 3.57. The topological polar surface area (TPSA) is 67.6 Å². The molecular formula is C9H18F3N3O2. The van der Waals surface area contributed by atoms with Crippen molar-refractivity contribution in [1.29, 1.82) is 0 Å². The van der Waals surface area contributed by atoms with Crippen LogP contribution in [0.3, 0.4) is 0 Å². The molecule has 0 saturated heterocycles. The van der Waals surface area contributed by atoms with Crippen molar-refractivity contribution in [2.45, 2.75) is 25.6 Å². The molecule has 0 aliphatic carbocycles. The average molecular weight is 257 g/mol. The summed E-state index contributed by atoms with van der Waals surface area (Å²) in [6, 6.07) is -1.04. The zero-order chi connectivity index (χ0) is 13.5. The molecule has 0 aromatic rings. The van der Waals surface area contributed by atoms with Crippen LogP contribution in [0.15, 0.2) is 0 Å². The molecule has 0 radical (unpaired) electrons. The molecule has 0 saturated carbocycles. The van der Waals surface area contributed by atoms with Crippen LogP contribution in [0.25, 0.3) is 0 Å².